The third-order valence-corrected chi connectivity index (χ3v) is 5.31. The van der Waals surface area contributed by atoms with Gasteiger partial charge in [0.25, 0.3) is 5.91 Å². The Morgan fingerprint density at radius 3 is 2.69 bits per heavy atom. The maximum absolute atomic E-state index is 12.7. The number of fused-ring (bicyclic) bond motifs is 1. The molecule has 1 fully saturated rings. The van der Waals surface area contributed by atoms with Crippen molar-refractivity contribution in [3.05, 3.63) is 35.8 Å². The van der Waals surface area contributed by atoms with E-state index in [1.807, 2.05) is 23.6 Å². The number of hydrogen-bond acceptors (Lipinski definition) is 6. The average Bonchev–Trinajstić information content (AvgIpc) is 3.20. The van der Waals surface area contributed by atoms with Crippen LogP contribution in [0.3, 0.4) is 0 Å². The van der Waals surface area contributed by atoms with Gasteiger partial charge in [0.1, 0.15) is 6.61 Å². The van der Waals surface area contributed by atoms with E-state index in [4.69, 9.17) is 9.47 Å². The van der Waals surface area contributed by atoms with Crippen LogP contribution in [0.15, 0.2) is 35.8 Å². The predicted molar refractivity (Wildman–Crippen MR) is 96.4 cm³/mol. The number of ether oxygens (including phenoxy) is 2. The third kappa shape index (κ3) is 3.50. The minimum Gasteiger partial charge on any atom is -0.485 e. The Labute approximate surface area is 154 Å². The molecule has 0 aliphatic carbocycles. The number of nitrogens with one attached hydrogen (secondary N) is 1. The van der Waals surface area contributed by atoms with E-state index in [0.29, 0.717) is 42.6 Å². The van der Waals surface area contributed by atoms with Gasteiger partial charge < -0.3 is 19.7 Å². The highest BCUT2D eigenvalue weighted by atomic mass is 32.1. The van der Waals surface area contributed by atoms with Crippen LogP contribution in [-0.4, -0.2) is 47.5 Å². The van der Waals surface area contributed by atoms with Crippen molar-refractivity contribution in [2.24, 2.45) is 5.92 Å². The molecule has 1 atom stereocenters. The summed E-state index contributed by atoms with van der Waals surface area (Å²) in [5, 5.41) is 5.26. The lowest BCUT2D eigenvalue weighted by molar-refractivity contribution is -0.143. The summed E-state index contributed by atoms with van der Waals surface area (Å²) in [6.45, 7) is 1.28. The topological polar surface area (TPSA) is 80.8 Å². The summed E-state index contributed by atoms with van der Waals surface area (Å²) in [7, 11) is 0. The minimum absolute atomic E-state index is 0.0294. The minimum atomic E-state index is -0.634. The molecule has 136 valence electrons. The van der Waals surface area contributed by atoms with Crippen LogP contribution >= 0.6 is 11.3 Å². The monoisotopic (exact) mass is 373 g/mol. The van der Waals surface area contributed by atoms with Gasteiger partial charge in [0.15, 0.2) is 16.6 Å². The van der Waals surface area contributed by atoms with Crippen molar-refractivity contribution in [2.75, 3.05) is 25.0 Å². The Balaban J connectivity index is 1.30. The van der Waals surface area contributed by atoms with Gasteiger partial charge in [-0.2, -0.15) is 0 Å². The number of aromatic nitrogens is 1. The largest absolute Gasteiger partial charge is 0.485 e. The van der Waals surface area contributed by atoms with Crippen LogP contribution in [-0.2, 0) is 9.59 Å². The normalized spacial score (nSPS) is 19.8. The fourth-order valence-corrected chi connectivity index (χ4v) is 3.73. The molecule has 0 bridgehead atoms. The number of para-hydroxylation sites is 2. The molecule has 1 saturated heterocycles. The number of rotatable bonds is 3. The van der Waals surface area contributed by atoms with Crippen LogP contribution < -0.4 is 14.8 Å². The number of nitrogens with zero attached hydrogens (tertiary/aromatic N) is 2. The van der Waals surface area contributed by atoms with Crippen LogP contribution in [0.4, 0.5) is 5.13 Å². The van der Waals surface area contributed by atoms with Crippen LogP contribution in [0.1, 0.15) is 12.8 Å². The molecular weight excluding hydrogens is 354 g/mol. The van der Waals surface area contributed by atoms with Crippen molar-refractivity contribution >= 4 is 28.3 Å². The van der Waals surface area contributed by atoms with Gasteiger partial charge in [0, 0.05) is 30.6 Å². The lowest BCUT2D eigenvalue weighted by Gasteiger charge is -2.34. The first-order valence-electron chi connectivity index (χ1n) is 8.58. The van der Waals surface area contributed by atoms with E-state index >= 15 is 0 Å². The maximum Gasteiger partial charge on any atom is 0.267 e. The Kier molecular flexibility index (Phi) is 4.75. The van der Waals surface area contributed by atoms with Crippen molar-refractivity contribution in [1.29, 1.82) is 0 Å². The number of anilines is 1. The molecule has 1 N–H and O–H groups in total. The standard InChI is InChI=1S/C18H19N3O4S/c22-16(20-18-19-7-10-26-18)12-5-8-21(9-6-12)17(23)15-11-24-13-3-1-2-4-14(13)25-15/h1-4,7,10,12,15H,5-6,8-9,11H2,(H,19,20,22). The fraction of sp³-hybridized carbons (Fsp3) is 0.389. The highest BCUT2D eigenvalue weighted by Gasteiger charge is 2.34. The number of thiazole rings is 1. The molecule has 7 nitrogen and oxygen atoms in total. The van der Waals surface area contributed by atoms with E-state index in [-0.39, 0.29) is 24.3 Å². The molecule has 26 heavy (non-hydrogen) atoms. The highest BCUT2D eigenvalue weighted by Crippen LogP contribution is 2.31. The second-order valence-corrected chi connectivity index (χ2v) is 7.18. The van der Waals surface area contributed by atoms with Crippen molar-refractivity contribution in [2.45, 2.75) is 18.9 Å². The second kappa shape index (κ2) is 7.33. The Bertz CT molecular complexity index is 787. The molecule has 0 spiro atoms. The van der Waals surface area contributed by atoms with Crippen LogP contribution in [0.2, 0.25) is 0 Å². The summed E-state index contributed by atoms with van der Waals surface area (Å²) in [5.41, 5.74) is 0. The zero-order valence-corrected chi connectivity index (χ0v) is 14.9. The molecule has 2 amide bonds. The number of likely N-dealkylation sites (tertiary alicyclic amines) is 1. The molecule has 1 aromatic heterocycles. The first-order chi connectivity index (χ1) is 12.7. The quantitative estimate of drug-likeness (QED) is 0.892. The lowest BCUT2D eigenvalue weighted by atomic mass is 9.95. The third-order valence-electron chi connectivity index (χ3n) is 4.62. The summed E-state index contributed by atoms with van der Waals surface area (Å²) in [6, 6.07) is 7.33. The van der Waals surface area contributed by atoms with Gasteiger partial charge in [-0.1, -0.05) is 12.1 Å². The molecule has 8 heteroatoms. The Morgan fingerprint density at radius 1 is 1.19 bits per heavy atom. The number of amides is 2. The van der Waals surface area contributed by atoms with Gasteiger partial charge in [0.05, 0.1) is 0 Å². The molecule has 1 aromatic carbocycles. The summed E-state index contributed by atoms with van der Waals surface area (Å²) < 4.78 is 11.4. The predicted octanol–water partition coefficient (Wildman–Crippen LogP) is 2.16. The molecule has 0 radical (unpaired) electrons. The first kappa shape index (κ1) is 16.8. The first-order valence-corrected chi connectivity index (χ1v) is 9.46. The van der Waals surface area contributed by atoms with Crippen LogP contribution in [0.5, 0.6) is 11.5 Å². The maximum atomic E-state index is 12.7. The molecule has 2 aliphatic heterocycles. The molecule has 4 rings (SSSR count). The zero-order chi connectivity index (χ0) is 17.9. The number of piperidine rings is 1. The Morgan fingerprint density at radius 2 is 1.96 bits per heavy atom. The smallest absolute Gasteiger partial charge is 0.267 e. The van der Waals surface area contributed by atoms with Crippen molar-refractivity contribution in [3.8, 4) is 11.5 Å². The summed E-state index contributed by atoms with van der Waals surface area (Å²) in [6.07, 6.45) is 2.29. The molecular formula is C18H19N3O4S. The zero-order valence-electron chi connectivity index (χ0n) is 14.1. The summed E-state index contributed by atoms with van der Waals surface area (Å²) in [4.78, 5) is 30.8. The van der Waals surface area contributed by atoms with E-state index in [0.717, 1.165) is 0 Å². The molecule has 2 aromatic rings. The number of carbonyl (C=O) groups is 2. The van der Waals surface area contributed by atoms with E-state index in [2.05, 4.69) is 10.3 Å². The molecule has 2 aliphatic rings. The fourth-order valence-electron chi connectivity index (χ4n) is 3.20. The lowest BCUT2D eigenvalue weighted by Crippen LogP contribution is -2.49. The Hall–Kier alpha value is -2.61. The van der Waals surface area contributed by atoms with Gasteiger partial charge >= 0.3 is 0 Å². The van der Waals surface area contributed by atoms with E-state index in [1.54, 1.807) is 17.2 Å². The summed E-state index contributed by atoms with van der Waals surface area (Å²) in [5.74, 6) is 1.03. The highest BCUT2D eigenvalue weighted by molar-refractivity contribution is 7.13. The van der Waals surface area contributed by atoms with Crippen molar-refractivity contribution < 1.29 is 19.1 Å². The molecule has 3 heterocycles. The SMILES string of the molecule is O=C(Nc1nccs1)C1CCN(C(=O)C2COc3ccccc3O2)CC1. The van der Waals surface area contributed by atoms with E-state index in [9.17, 15) is 9.59 Å². The van der Waals surface area contributed by atoms with Gasteiger partial charge in [-0.3, -0.25) is 9.59 Å². The molecule has 1 unspecified atom stereocenters. The van der Waals surface area contributed by atoms with Gasteiger partial charge in [-0.05, 0) is 25.0 Å². The number of hydrogen-bond donors (Lipinski definition) is 1. The number of carbonyl (C=O) groups excluding carboxylic acids is 2. The average molecular weight is 373 g/mol. The molecule has 0 saturated carbocycles. The van der Waals surface area contributed by atoms with Crippen LogP contribution in [0, 0.1) is 5.92 Å². The van der Waals surface area contributed by atoms with E-state index in [1.165, 1.54) is 11.3 Å². The van der Waals surface area contributed by atoms with Gasteiger partial charge in [0.2, 0.25) is 12.0 Å². The van der Waals surface area contributed by atoms with Crippen LogP contribution in [0.25, 0.3) is 0 Å². The summed E-state index contributed by atoms with van der Waals surface area (Å²) >= 11 is 1.40. The van der Waals surface area contributed by atoms with Gasteiger partial charge in [-0.15, -0.1) is 11.3 Å². The number of benzene rings is 1. The second-order valence-electron chi connectivity index (χ2n) is 6.29. The van der Waals surface area contributed by atoms with Gasteiger partial charge in [-0.25, -0.2) is 4.98 Å². The van der Waals surface area contributed by atoms with E-state index < -0.39 is 6.10 Å². The van der Waals surface area contributed by atoms with Crippen molar-refractivity contribution in [3.63, 3.8) is 0 Å². The van der Waals surface area contributed by atoms with Crippen molar-refractivity contribution in [1.82, 2.24) is 9.88 Å².